The minimum atomic E-state index is -3.40. The number of fused-ring (bicyclic) bond motifs is 3. The number of aromatic amines is 1. The van der Waals surface area contributed by atoms with Crippen molar-refractivity contribution in [1.29, 1.82) is 0 Å². The first-order chi connectivity index (χ1) is 12.9. The van der Waals surface area contributed by atoms with Gasteiger partial charge >= 0.3 is 0 Å². The second kappa shape index (κ2) is 6.65. The first-order valence-electron chi connectivity index (χ1n) is 8.41. The van der Waals surface area contributed by atoms with Crippen LogP contribution in [0.3, 0.4) is 0 Å². The summed E-state index contributed by atoms with van der Waals surface area (Å²) in [6, 6.07) is 14.3. The fourth-order valence-electron chi connectivity index (χ4n) is 3.32. The summed E-state index contributed by atoms with van der Waals surface area (Å²) in [6.45, 7) is 0. The second-order valence-corrected chi connectivity index (χ2v) is 9.49. The molecule has 7 heteroatoms. The SMILES string of the molecule is CN(C)c1c(Br)cnc2[nH]c3ccc(CS(=O)(=O)c4ccccc4)cc3c12. The number of nitrogens with one attached hydrogen (secondary N) is 1. The zero-order chi connectivity index (χ0) is 19.2. The summed E-state index contributed by atoms with van der Waals surface area (Å²) in [5, 5.41) is 1.94. The van der Waals surface area contributed by atoms with Crippen LogP contribution in [0.4, 0.5) is 5.69 Å². The topological polar surface area (TPSA) is 66.1 Å². The van der Waals surface area contributed by atoms with Crippen molar-refractivity contribution in [2.24, 2.45) is 0 Å². The van der Waals surface area contributed by atoms with Crippen LogP contribution in [0.1, 0.15) is 5.56 Å². The number of pyridine rings is 1. The van der Waals surface area contributed by atoms with Crippen LogP contribution >= 0.6 is 15.9 Å². The van der Waals surface area contributed by atoms with Gasteiger partial charge in [-0.25, -0.2) is 13.4 Å². The molecule has 2 aromatic carbocycles. The van der Waals surface area contributed by atoms with Crippen LogP contribution in [0.2, 0.25) is 0 Å². The quantitative estimate of drug-likeness (QED) is 0.503. The predicted molar refractivity (Wildman–Crippen MR) is 113 cm³/mol. The van der Waals surface area contributed by atoms with E-state index in [0.29, 0.717) is 4.90 Å². The summed E-state index contributed by atoms with van der Waals surface area (Å²) >= 11 is 3.57. The first-order valence-corrected chi connectivity index (χ1v) is 10.9. The molecule has 4 aromatic rings. The monoisotopic (exact) mass is 443 g/mol. The number of sulfone groups is 1. The maximum absolute atomic E-state index is 12.7. The van der Waals surface area contributed by atoms with Gasteiger partial charge in [-0.1, -0.05) is 24.3 Å². The van der Waals surface area contributed by atoms with Crippen LogP contribution in [-0.4, -0.2) is 32.5 Å². The molecule has 0 saturated carbocycles. The van der Waals surface area contributed by atoms with E-state index in [0.717, 1.165) is 37.7 Å². The number of rotatable bonds is 4. The molecule has 27 heavy (non-hydrogen) atoms. The molecule has 0 aliphatic heterocycles. The fourth-order valence-corrected chi connectivity index (χ4v) is 5.33. The van der Waals surface area contributed by atoms with Gasteiger partial charge in [-0.15, -0.1) is 0 Å². The Labute approximate surface area is 166 Å². The average Bonchev–Trinajstić information content (AvgIpc) is 3.00. The zero-order valence-corrected chi connectivity index (χ0v) is 17.3. The Hall–Kier alpha value is -2.38. The van der Waals surface area contributed by atoms with Crippen molar-refractivity contribution in [2.75, 3.05) is 19.0 Å². The van der Waals surface area contributed by atoms with E-state index in [1.165, 1.54) is 0 Å². The van der Waals surface area contributed by atoms with Crippen LogP contribution in [0.25, 0.3) is 21.9 Å². The lowest BCUT2D eigenvalue weighted by molar-refractivity contribution is 0.595. The van der Waals surface area contributed by atoms with Gasteiger partial charge in [0.15, 0.2) is 9.84 Å². The van der Waals surface area contributed by atoms with Crippen molar-refractivity contribution in [1.82, 2.24) is 9.97 Å². The van der Waals surface area contributed by atoms with Crippen molar-refractivity contribution in [3.63, 3.8) is 0 Å². The van der Waals surface area contributed by atoms with Crippen LogP contribution in [-0.2, 0) is 15.6 Å². The number of aromatic nitrogens is 2. The molecule has 1 N–H and O–H groups in total. The number of H-pyrrole nitrogens is 1. The molecular formula is C20H18BrN3O2S. The average molecular weight is 444 g/mol. The molecule has 0 atom stereocenters. The number of hydrogen-bond acceptors (Lipinski definition) is 4. The third-order valence-electron chi connectivity index (χ3n) is 4.52. The van der Waals surface area contributed by atoms with Gasteiger partial charge in [-0.2, -0.15) is 0 Å². The molecule has 0 saturated heterocycles. The molecule has 0 radical (unpaired) electrons. The molecule has 0 amide bonds. The summed E-state index contributed by atoms with van der Waals surface area (Å²) < 4.78 is 26.4. The fraction of sp³-hybridized carbons (Fsp3) is 0.150. The number of halogens is 1. The van der Waals surface area contributed by atoms with E-state index < -0.39 is 9.84 Å². The lowest BCUT2D eigenvalue weighted by Gasteiger charge is -2.15. The number of hydrogen-bond donors (Lipinski definition) is 1. The van der Waals surface area contributed by atoms with Gasteiger partial charge in [0.1, 0.15) is 5.65 Å². The van der Waals surface area contributed by atoms with Gasteiger partial charge in [0.2, 0.25) is 0 Å². The Bertz CT molecular complexity index is 1250. The molecule has 2 aromatic heterocycles. The number of nitrogens with zero attached hydrogens (tertiary/aromatic N) is 2. The summed E-state index contributed by atoms with van der Waals surface area (Å²) in [7, 11) is 0.550. The van der Waals surface area contributed by atoms with E-state index >= 15 is 0 Å². The van der Waals surface area contributed by atoms with Crippen LogP contribution in [0, 0.1) is 0 Å². The molecule has 4 rings (SSSR count). The van der Waals surface area contributed by atoms with Crippen LogP contribution in [0.15, 0.2) is 64.1 Å². The first kappa shape index (κ1) is 18.0. The number of anilines is 1. The molecule has 138 valence electrons. The Morgan fingerprint density at radius 1 is 1.11 bits per heavy atom. The third kappa shape index (κ3) is 3.21. The lowest BCUT2D eigenvalue weighted by Crippen LogP contribution is -2.10. The van der Waals surface area contributed by atoms with Gasteiger partial charge in [0, 0.05) is 31.2 Å². The smallest absolute Gasteiger partial charge is 0.182 e. The van der Waals surface area contributed by atoms with E-state index in [9.17, 15) is 8.42 Å². The highest BCUT2D eigenvalue weighted by molar-refractivity contribution is 9.10. The Kier molecular flexibility index (Phi) is 4.44. The van der Waals surface area contributed by atoms with Crippen LogP contribution < -0.4 is 4.90 Å². The Balaban J connectivity index is 1.87. The van der Waals surface area contributed by atoms with E-state index in [2.05, 4.69) is 25.9 Å². The van der Waals surface area contributed by atoms with Gasteiger partial charge in [-0.05, 0) is 45.8 Å². The van der Waals surface area contributed by atoms with Gasteiger partial charge in [0.05, 0.1) is 26.2 Å². The second-order valence-electron chi connectivity index (χ2n) is 6.65. The highest BCUT2D eigenvalue weighted by Gasteiger charge is 2.18. The highest BCUT2D eigenvalue weighted by atomic mass is 79.9. The minimum Gasteiger partial charge on any atom is -0.376 e. The standard InChI is InChI=1S/C20H18BrN3O2S/c1-24(2)19-16(21)11-22-20-18(19)15-10-13(8-9-17(15)23-20)12-27(25,26)14-6-4-3-5-7-14/h3-11H,12H2,1-2H3,(H,22,23). The predicted octanol–water partition coefficient (Wildman–Crippen LogP) is 4.52. The summed E-state index contributed by atoms with van der Waals surface area (Å²) in [4.78, 5) is 10.1. The lowest BCUT2D eigenvalue weighted by atomic mass is 10.1. The van der Waals surface area contributed by atoms with Crippen molar-refractivity contribution in [2.45, 2.75) is 10.6 Å². The van der Waals surface area contributed by atoms with Crippen molar-refractivity contribution >= 4 is 53.4 Å². The van der Waals surface area contributed by atoms with Crippen molar-refractivity contribution in [3.05, 3.63) is 64.8 Å². The summed E-state index contributed by atoms with van der Waals surface area (Å²) in [5.74, 6) is -0.0433. The normalized spacial score (nSPS) is 12.0. The third-order valence-corrected chi connectivity index (χ3v) is 6.80. The molecule has 5 nitrogen and oxygen atoms in total. The maximum atomic E-state index is 12.7. The largest absolute Gasteiger partial charge is 0.376 e. The summed E-state index contributed by atoms with van der Waals surface area (Å²) in [6.07, 6.45) is 1.77. The Morgan fingerprint density at radius 3 is 2.56 bits per heavy atom. The Morgan fingerprint density at radius 2 is 1.85 bits per heavy atom. The molecule has 0 unspecified atom stereocenters. The zero-order valence-electron chi connectivity index (χ0n) is 14.9. The minimum absolute atomic E-state index is 0.0433. The van der Waals surface area contributed by atoms with E-state index in [1.807, 2.05) is 43.3 Å². The van der Waals surface area contributed by atoms with Gasteiger partial charge in [0.25, 0.3) is 0 Å². The molecule has 0 aliphatic carbocycles. The molecule has 2 heterocycles. The highest BCUT2D eigenvalue weighted by Crippen LogP contribution is 2.37. The van der Waals surface area contributed by atoms with E-state index in [1.54, 1.807) is 30.5 Å². The summed E-state index contributed by atoms with van der Waals surface area (Å²) in [5.41, 5.74) is 3.46. The van der Waals surface area contributed by atoms with E-state index in [4.69, 9.17) is 0 Å². The van der Waals surface area contributed by atoms with E-state index in [-0.39, 0.29) is 5.75 Å². The van der Waals surface area contributed by atoms with Crippen molar-refractivity contribution in [3.8, 4) is 0 Å². The number of benzene rings is 2. The molecule has 0 spiro atoms. The molecule has 0 bridgehead atoms. The molecule has 0 aliphatic rings. The van der Waals surface area contributed by atoms with Gasteiger partial charge in [-0.3, -0.25) is 0 Å². The molecule has 0 fully saturated rings. The van der Waals surface area contributed by atoms with Gasteiger partial charge < -0.3 is 9.88 Å². The maximum Gasteiger partial charge on any atom is 0.182 e. The molecular weight excluding hydrogens is 426 g/mol. The van der Waals surface area contributed by atoms with Crippen LogP contribution in [0.5, 0.6) is 0 Å². The van der Waals surface area contributed by atoms with Crippen molar-refractivity contribution < 1.29 is 8.42 Å².